The molecule has 0 saturated carbocycles. The van der Waals surface area contributed by atoms with E-state index in [0.717, 1.165) is 37.8 Å². The van der Waals surface area contributed by atoms with Crippen molar-refractivity contribution in [2.24, 2.45) is 17.6 Å². The van der Waals surface area contributed by atoms with Gasteiger partial charge in [0.1, 0.15) is 5.82 Å². The maximum atomic E-state index is 6.12. The van der Waals surface area contributed by atoms with E-state index in [0.29, 0.717) is 0 Å². The summed E-state index contributed by atoms with van der Waals surface area (Å²) in [6.45, 7) is 9.09. The second-order valence-corrected chi connectivity index (χ2v) is 6.43. The van der Waals surface area contributed by atoms with Crippen molar-refractivity contribution in [2.45, 2.75) is 52.5 Å². The lowest BCUT2D eigenvalue weighted by Crippen LogP contribution is -2.36. The third-order valence-corrected chi connectivity index (χ3v) is 4.66. The molecule has 0 bridgehead atoms. The van der Waals surface area contributed by atoms with Crippen LogP contribution in [-0.4, -0.2) is 24.1 Å². The summed E-state index contributed by atoms with van der Waals surface area (Å²) in [7, 11) is 0. The highest BCUT2D eigenvalue weighted by molar-refractivity contribution is 5.47. The Balaban J connectivity index is 2.06. The van der Waals surface area contributed by atoms with E-state index < -0.39 is 0 Å². The Morgan fingerprint density at radius 2 is 2.05 bits per heavy atom. The fraction of sp³-hybridized carbons (Fsp3) is 0.706. The molecule has 3 nitrogen and oxygen atoms in total. The number of hydrogen-bond acceptors (Lipinski definition) is 3. The molecule has 20 heavy (non-hydrogen) atoms. The zero-order valence-corrected chi connectivity index (χ0v) is 13.2. The largest absolute Gasteiger partial charge is 0.356 e. The van der Waals surface area contributed by atoms with Gasteiger partial charge in [0.15, 0.2) is 0 Å². The molecule has 3 heteroatoms. The molecule has 0 aromatic carbocycles. The van der Waals surface area contributed by atoms with Gasteiger partial charge in [0.05, 0.1) is 0 Å². The number of pyridine rings is 1. The summed E-state index contributed by atoms with van der Waals surface area (Å²) >= 11 is 0. The summed E-state index contributed by atoms with van der Waals surface area (Å²) in [6, 6.07) is 4.46. The molecule has 0 spiro atoms. The van der Waals surface area contributed by atoms with Crippen molar-refractivity contribution in [3.05, 3.63) is 23.9 Å². The van der Waals surface area contributed by atoms with E-state index >= 15 is 0 Å². The predicted molar refractivity (Wildman–Crippen MR) is 86.0 cm³/mol. The molecule has 2 N–H and O–H groups in total. The summed E-state index contributed by atoms with van der Waals surface area (Å²) < 4.78 is 0. The Labute approximate surface area is 123 Å². The first kappa shape index (κ1) is 15.3. The first-order chi connectivity index (χ1) is 9.61. The number of piperidine rings is 1. The van der Waals surface area contributed by atoms with Crippen molar-refractivity contribution in [1.82, 2.24) is 4.98 Å². The summed E-state index contributed by atoms with van der Waals surface area (Å²) in [5.74, 6) is 2.84. The monoisotopic (exact) mass is 275 g/mol. The highest BCUT2D eigenvalue weighted by atomic mass is 15.2. The minimum Gasteiger partial charge on any atom is -0.356 e. The Morgan fingerprint density at radius 3 is 2.65 bits per heavy atom. The Kier molecular flexibility index (Phi) is 5.41. The van der Waals surface area contributed by atoms with Crippen LogP contribution in [0.5, 0.6) is 0 Å². The molecule has 1 fully saturated rings. The van der Waals surface area contributed by atoms with Crippen LogP contribution in [0.15, 0.2) is 18.3 Å². The third-order valence-electron chi connectivity index (χ3n) is 4.66. The fourth-order valence-electron chi connectivity index (χ4n) is 3.08. The van der Waals surface area contributed by atoms with E-state index in [4.69, 9.17) is 5.73 Å². The summed E-state index contributed by atoms with van der Waals surface area (Å²) in [5.41, 5.74) is 7.43. The highest BCUT2D eigenvalue weighted by Gasteiger charge is 2.23. The van der Waals surface area contributed by atoms with E-state index in [-0.39, 0.29) is 6.04 Å². The summed E-state index contributed by atoms with van der Waals surface area (Å²) in [5, 5.41) is 0. The Bertz CT molecular complexity index is 408. The smallest absolute Gasteiger partial charge is 0.131 e. The van der Waals surface area contributed by atoms with Crippen LogP contribution in [0.3, 0.4) is 0 Å². The molecule has 2 rings (SSSR count). The number of aromatic nitrogens is 1. The van der Waals surface area contributed by atoms with Gasteiger partial charge in [0.2, 0.25) is 0 Å². The Hall–Kier alpha value is -1.09. The van der Waals surface area contributed by atoms with Crippen LogP contribution >= 0.6 is 0 Å². The van der Waals surface area contributed by atoms with Crippen LogP contribution < -0.4 is 10.6 Å². The lowest BCUT2D eigenvalue weighted by Gasteiger charge is -2.35. The minimum atomic E-state index is 0.242. The second-order valence-electron chi connectivity index (χ2n) is 6.43. The van der Waals surface area contributed by atoms with Gasteiger partial charge in [-0.15, -0.1) is 0 Å². The maximum Gasteiger partial charge on any atom is 0.131 e. The van der Waals surface area contributed by atoms with Gasteiger partial charge < -0.3 is 10.6 Å². The summed E-state index contributed by atoms with van der Waals surface area (Å²) in [4.78, 5) is 7.08. The first-order valence-electron chi connectivity index (χ1n) is 8.06. The predicted octanol–water partition coefficient (Wildman–Crippen LogP) is 3.23. The molecule has 0 radical (unpaired) electrons. The minimum absolute atomic E-state index is 0.242. The number of nitrogens with zero attached hydrogens (tertiary/aromatic N) is 2. The van der Waals surface area contributed by atoms with Crippen LogP contribution in [-0.2, 0) is 6.42 Å². The quantitative estimate of drug-likeness (QED) is 0.897. The molecule has 1 atom stereocenters. The molecule has 2 heterocycles. The maximum absolute atomic E-state index is 6.12. The molecule has 1 aliphatic heterocycles. The SMILES string of the molecule is CCC(N)Cc1cccnc1N1CCC(C(C)C)CC1. The van der Waals surface area contributed by atoms with Gasteiger partial charge in [0.25, 0.3) is 0 Å². The van der Waals surface area contributed by atoms with Crippen molar-refractivity contribution in [1.29, 1.82) is 0 Å². The van der Waals surface area contributed by atoms with Crippen molar-refractivity contribution >= 4 is 5.82 Å². The lowest BCUT2D eigenvalue weighted by molar-refractivity contribution is 0.310. The Morgan fingerprint density at radius 1 is 1.35 bits per heavy atom. The van der Waals surface area contributed by atoms with Crippen LogP contribution in [0.4, 0.5) is 5.82 Å². The molecular weight excluding hydrogens is 246 g/mol. The average molecular weight is 275 g/mol. The standard InChI is InChI=1S/C17H29N3/c1-4-16(18)12-15-6-5-9-19-17(15)20-10-7-14(8-11-20)13(2)3/h5-6,9,13-14,16H,4,7-8,10-12,18H2,1-3H3. The molecule has 1 aromatic heterocycles. The van der Waals surface area contributed by atoms with Gasteiger partial charge in [-0.3, -0.25) is 0 Å². The van der Waals surface area contributed by atoms with Crippen molar-refractivity contribution in [2.75, 3.05) is 18.0 Å². The van der Waals surface area contributed by atoms with E-state index in [2.05, 4.69) is 36.7 Å². The topological polar surface area (TPSA) is 42.1 Å². The molecule has 1 aliphatic rings. The van der Waals surface area contributed by atoms with Crippen LogP contribution in [0.25, 0.3) is 0 Å². The number of nitrogens with two attached hydrogens (primary N) is 1. The molecule has 1 unspecified atom stereocenters. The van der Waals surface area contributed by atoms with Gasteiger partial charge >= 0.3 is 0 Å². The van der Waals surface area contributed by atoms with E-state index in [1.54, 1.807) is 0 Å². The van der Waals surface area contributed by atoms with E-state index in [1.807, 2.05) is 12.3 Å². The van der Waals surface area contributed by atoms with E-state index in [9.17, 15) is 0 Å². The first-order valence-corrected chi connectivity index (χ1v) is 8.06. The second kappa shape index (κ2) is 7.07. The molecule has 0 amide bonds. The summed E-state index contributed by atoms with van der Waals surface area (Å²) in [6.07, 6.45) is 6.43. The lowest BCUT2D eigenvalue weighted by atomic mass is 9.86. The number of hydrogen-bond donors (Lipinski definition) is 1. The van der Waals surface area contributed by atoms with Gasteiger partial charge in [-0.1, -0.05) is 26.8 Å². The van der Waals surface area contributed by atoms with Crippen LogP contribution in [0.2, 0.25) is 0 Å². The van der Waals surface area contributed by atoms with Crippen molar-refractivity contribution in [3.8, 4) is 0 Å². The zero-order chi connectivity index (χ0) is 14.5. The molecule has 1 saturated heterocycles. The van der Waals surface area contributed by atoms with Crippen molar-refractivity contribution < 1.29 is 0 Å². The zero-order valence-electron chi connectivity index (χ0n) is 13.2. The van der Waals surface area contributed by atoms with Crippen molar-refractivity contribution in [3.63, 3.8) is 0 Å². The fourth-order valence-corrected chi connectivity index (χ4v) is 3.08. The van der Waals surface area contributed by atoms with Gasteiger partial charge in [-0.25, -0.2) is 4.98 Å². The normalized spacial score (nSPS) is 18.6. The molecule has 0 aliphatic carbocycles. The highest BCUT2D eigenvalue weighted by Crippen LogP contribution is 2.28. The number of anilines is 1. The van der Waals surface area contributed by atoms with Crippen LogP contribution in [0, 0.1) is 11.8 Å². The average Bonchev–Trinajstić information content (AvgIpc) is 2.48. The number of rotatable bonds is 5. The molecule has 1 aromatic rings. The van der Waals surface area contributed by atoms with Crippen LogP contribution in [0.1, 0.15) is 45.6 Å². The van der Waals surface area contributed by atoms with Gasteiger partial charge in [-0.2, -0.15) is 0 Å². The third kappa shape index (κ3) is 3.72. The van der Waals surface area contributed by atoms with Gasteiger partial charge in [0, 0.05) is 25.3 Å². The molecule has 112 valence electrons. The van der Waals surface area contributed by atoms with Gasteiger partial charge in [-0.05, 0) is 49.1 Å². The molecular formula is C17H29N3. The van der Waals surface area contributed by atoms with E-state index in [1.165, 1.54) is 24.2 Å².